The minimum atomic E-state index is -3.76. The van der Waals surface area contributed by atoms with E-state index in [1.54, 1.807) is 19.1 Å². The fraction of sp³-hybridized carbons (Fsp3) is 0.393. The van der Waals surface area contributed by atoms with Crippen LogP contribution in [0.1, 0.15) is 52.3 Å². The fourth-order valence-corrected chi connectivity index (χ4v) is 6.85. The van der Waals surface area contributed by atoms with Gasteiger partial charge < -0.3 is 20.3 Å². The van der Waals surface area contributed by atoms with Gasteiger partial charge >= 0.3 is 5.97 Å². The Morgan fingerprint density at radius 2 is 1.82 bits per heavy atom. The van der Waals surface area contributed by atoms with Gasteiger partial charge in [0.2, 0.25) is 20.0 Å². The summed E-state index contributed by atoms with van der Waals surface area (Å²) >= 11 is 0. The van der Waals surface area contributed by atoms with E-state index in [9.17, 15) is 36.6 Å². The van der Waals surface area contributed by atoms with Crippen LogP contribution in [0.4, 0.5) is 5.69 Å². The van der Waals surface area contributed by atoms with Crippen LogP contribution >= 0.6 is 0 Å². The zero-order valence-electron chi connectivity index (χ0n) is 24.2. The van der Waals surface area contributed by atoms with Gasteiger partial charge in [-0.1, -0.05) is 6.07 Å². The number of anilines is 1. The highest BCUT2D eigenvalue weighted by Crippen LogP contribution is 2.28. The van der Waals surface area contributed by atoms with E-state index in [1.165, 1.54) is 45.5 Å². The second-order valence-corrected chi connectivity index (χ2v) is 14.1. The summed E-state index contributed by atoms with van der Waals surface area (Å²) < 4.78 is 59.5. The number of benzene rings is 2. The molecule has 0 radical (unpaired) electrons. The third-order valence-electron chi connectivity index (χ3n) is 7.12. The molecule has 1 fully saturated rings. The van der Waals surface area contributed by atoms with Crippen molar-refractivity contribution in [2.24, 2.45) is 5.92 Å². The predicted octanol–water partition coefficient (Wildman–Crippen LogP) is 1.66. The van der Waals surface area contributed by atoms with Crippen molar-refractivity contribution in [2.75, 3.05) is 43.8 Å². The first-order chi connectivity index (χ1) is 20.8. The third kappa shape index (κ3) is 8.00. The summed E-state index contributed by atoms with van der Waals surface area (Å²) in [6.07, 6.45) is 3.10. The van der Waals surface area contributed by atoms with Gasteiger partial charge in [0, 0.05) is 25.8 Å². The van der Waals surface area contributed by atoms with Crippen molar-refractivity contribution >= 4 is 38.0 Å². The Labute approximate surface area is 255 Å². The van der Waals surface area contributed by atoms with Crippen LogP contribution in [0, 0.1) is 5.92 Å². The number of hydrogen-bond donors (Lipinski definition) is 4. The standard InChI is InChI=1S/C28H35N5O9S2/c1-3-42-28(37)27-21(18-34)17-33(30-27)22-5-7-23(8-6-22)44(40,41)32-12-10-19(11-13-32)15-29-16-26(36)20-4-9-25(35)24(14-20)31-43(2,38)39/h4-9,14,17-19,26,29,31,35-36H,3,10-13,15-16H2,1-2H3/t26-/m0/s1. The maximum absolute atomic E-state index is 13.3. The summed E-state index contributed by atoms with van der Waals surface area (Å²) in [5.41, 5.74) is 0.795. The molecule has 238 valence electrons. The summed E-state index contributed by atoms with van der Waals surface area (Å²) in [5.74, 6) is -0.802. The number of aromatic nitrogens is 2. The third-order valence-corrected chi connectivity index (χ3v) is 9.63. The van der Waals surface area contributed by atoms with Crippen LogP contribution in [0.25, 0.3) is 5.69 Å². The molecule has 0 saturated carbocycles. The molecule has 1 aliphatic rings. The van der Waals surface area contributed by atoms with Crippen LogP contribution in [0.5, 0.6) is 5.75 Å². The number of carbonyl (C=O) groups excluding carboxylic acids is 2. The van der Waals surface area contributed by atoms with Crippen molar-refractivity contribution in [1.82, 2.24) is 19.4 Å². The molecule has 0 bridgehead atoms. The topological polar surface area (TPSA) is 197 Å². The average molecular weight is 650 g/mol. The number of phenolic OH excluding ortho intramolecular Hbond substituents is 1. The first-order valence-corrected chi connectivity index (χ1v) is 17.2. The van der Waals surface area contributed by atoms with Gasteiger partial charge in [0.05, 0.1) is 40.8 Å². The molecule has 0 unspecified atom stereocenters. The number of phenols is 1. The molecule has 3 aromatic rings. The molecule has 1 aliphatic heterocycles. The lowest BCUT2D eigenvalue weighted by atomic mass is 9.98. The first kappa shape index (κ1) is 33.1. The quantitative estimate of drug-likeness (QED) is 0.119. The monoisotopic (exact) mass is 649 g/mol. The Hall–Kier alpha value is -3.83. The van der Waals surface area contributed by atoms with Gasteiger partial charge in [-0.25, -0.2) is 26.3 Å². The highest BCUT2D eigenvalue weighted by atomic mass is 32.2. The lowest BCUT2D eigenvalue weighted by Gasteiger charge is -2.31. The van der Waals surface area contributed by atoms with Gasteiger partial charge in [0.15, 0.2) is 12.0 Å². The summed E-state index contributed by atoms with van der Waals surface area (Å²) in [6, 6.07) is 10.2. The molecule has 2 aromatic carbocycles. The minimum Gasteiger partial charge on any atom is -0.506 e. The number of rotatable bonds is 13. The van der Waals surface area contributed by atoms with E-state index in [-0.39, 0.29) is 46.7 Å². The number of ether oxygens (including phenoxy) is 1. The van der Waals surface area contributed by atoms with Gasteiger partial charge in [-0.3, -0.25) is 9.52 Å². The van der Waals surface area contributed by atoms with E-state index in [2.05, 4.69) is 15.1 Å². The van der Waals surface area contributed by atoms with E-state index >= 15 is 0 Å². The van der Waals surface area contributed by atoms with Gasteiger partial charge in [0.1, 0.15) is 5.75 Å². The number of aliphatic hydroxyl groups is 1. The second-order valence-electron chi connectivity index (χ2n) is 10.4. The maximum Gasteiger partial charge on any atom is 0.359 e. The predicted molar refractivity (Wildman–Crippen MR) is 161 cm³/mol. The highest BCUT2D eigenvalue weighted by molar-refractivity contribution is 7.92. The Kier molecular flexibility index (Phi) is 10.4. The molecule has 44 heavy (non-hydrogen) atoms. The Balaban J connectivity index is 1.30. The second kappa shape index (κ2) is 13.9. The molecule has 0 aliphatic carbocycles. The van der Waals surface area contributed by atoms with Gasteiger partial charge in [-0.05, 0) is 74.2 Å². The van der Waals surface area contributed by atoms with E-state index in [4.69, 9.17) is 4.74 Å². The van der Waals surface area contributed by atoms with Crippen molar-refractivity contribution in [3.8, 4) is 11.4 Å². The Morgan fingerprint density at radius 1 is 1.14 bits per heavy atom. The number of aromatic hydroxyl groups is 1. The van der Waals surface area contributed by atoms with Gasteiger partial charge in [-0.15, -0.1) is 0 Å². The fourth-order valence-electron chi connectivity index (χ4n) is 4.82. The van der Waals surface area contributed by atoms with Crippen LogP contribution in [-0.2, 0) is 24.8 Å². The Morgan fingerprint density at radius 3 is 2.43 bits per heavy atom. The molecule has 4 rings (SSSR count). The summed E-state index contributed by atoms with van der Waals surface area (Å²) in [4.78, 5) is 23.6. The first-order valence-electron chi connectivity index (χ1n) is 13.8. The number of aliphatic hydroxyl groups excluding tert-OH is 1. The smallest absolute Gasteiger partial charge is 0.359 e. The largest absolute Gasteiger partial charge is 0.506 e. The normalized spacial score (nSPS) is 15.5. The summed E-state index contributed by atoms with van der Waals surface area (Å²) in [6.45, 7) is 3.14. The van der Waals surface area contributed by atoms with Crippen LogP contribution < -0.4 is 10.0 Å². The molecule has 0 amide bonds. The number of sulfonamides is 2. The number of nitrogens with zero attached hydrogens (tertiary/aromatic N) is 3. The molecular weight excluding hydrogens is 614 g/mol. The number of esters is 1. The Bertz CT molecular complexity index is 1700. The van der Waals surface area contributed by atoms with Crippen molar-refractivity contribution in [3.05, 3.63) is 65.5 Å². The number of piperidine rings is 1. The van der Waals surface area contributed by atoms with E-state index in [0.29, 0.717) is 50.0 Å². The van der Waals surface area contributed by atoms with Crippen molar-refractivity contribution in [1.29, 1.82) is 0 Å². The SMILES string of the molecule is CCOC(=O)c1nn(-c2ccc(S(=O)(=O)N3CCC(CNC[C@H](O)c4ccc(O)c(NS(C)(=O)=O)c4)CC3)cc2)cc1C=O. The molecule has 16 heteroatoms. The van der Waals surface area contributed by atoms with Crippen LogP contribution in [0.3, 0.4) is 0 Å². The number of nitrogens with one attached hydrogen (secondary N) is 2. The van der Waals surface area contributed by atoms with Gasteiger partial charge in [0.25, 0.3) is 0 Å². The van der Waals surface area contributed by atoms with E-state index in [0.717, 1.165) is 6.26 Å². The molecule has 14 nitrogen and oxygen atoms in total. The zero-order valence-corrected chi connectivity index (χ0v) is 25.8. The number of carbonyl (C=O) groups is 2. The molecule has 4 N–H and O–H groups in total. The van der Waals surface area contributed by atoms with Gasteiger partial charge in [-0.2, -0.15) is 9.40 Å². The lowest BCUT2D eigenvalue weighted by molar-refractivity contribution is 0.0516. The molecule has 1 aromatic heterocycles. The average Bonchev–Trinajstić information content (AvgIpc) is 3.43. The number of hydrogen-bond acceptors (Lipinski definition) is 11. The van der Waals surface area contributed by atoms with Crippen LogP contribution in [0.15, 0.2) is 53.6 Å². The molecule has 0 spiro atoms. The maximum atomic E-state index is 13.3. The summed E-state index contributed by atoms with van der Waals surface area (Å²) in [7, 11) is -7.37. The molecule has 2 heterocycles. The lowest BCUT2D eigenvalue weighted by Crippen LogP contribution is -2.41. The minimum absolute atomic E-state index is 0.0242. The van der Waals surface area contributed by atoms with Crippen molar-refractivity contribution < 1.29 is 41.4 Å². The van der Waals surface area contributed by atoms with E-state index in [1.807, 2.05) is 0 Å². The molecular formula is C28H35N5O9S2. The molecule has 1 atom stereocenters. The van der Waals surface area contributed by atoms with E-state index < -0.39 is 32.1 Å². The van der Waals surface area contributed by atoms with Crippen molar-refractivity contribution in [2.45, 2.75) is 30.8 Å². The van der Waals surface area contributed by atoms with Crippen LogP contribution in [-0.4, -0.2) is 92.4 Å². The zero-order chi connectivity index (χ0) is 32.1. The van der Waals surface area contributed by atoms with Crippen molar-refractivity contribution in [3.63, 3.8) is 0 Å². The summed E-state index contributed by atoms with van der Waals surface area (Å²) in [5, 5.41) is 27.8. The highest BCUT2D eigenvalue weighted by Gasteiger charge is 2.29. The van der Waals surface area contributed by atoms with Crippen LogP contribution in [0.2, 0.25) is 0 Å². The number of aldehydes is 1. The molecule has 1 saturated heterocycles.